The normalized spacial score (nSPS) is 10.6. The van der Waals surface area contributed by atoms with Crippen molar-refractivity contribution in [1.29, 1.82) is 0 Å². The van der Waals surface area contributed by atoms with E-state index in [0.29, 0.717) is 6.42 Å². The molecule has 0 aromatic carbocycles. The third-order valence-corrected chi connectivity index (χ3v) is 2.57. The second kappa shape index (κ2) is 5.04. The summed E-state index contributed by atoms with van der Waals surface area (Å²) in [6, 6.07) is 0. The predicted molar refractivity (Wildman–Crippen MR) is 41.7 cm³/mol. The van der Waals surface area contributed by atoms with Crippen LogP contribution >= 0.6 is 0 Å². The van der Waals surface area contributed by atoms with Gasteiger partial charge in [-0.05, 0) is 6.42 Å². The number of carbonyl (C=O) groups excluding carboxylic acids is 1. The number of hydrogen-bond acceptors (Lipinski definition) is 4. The first kappa shape index (κ1) is 10.3. The molecule has 0 atom stereocenters. The van der Waals surface area contributed by atoms with Crippen LogP contribution in [0.15, 0.2) is 4.99 Å². The Morgan fingerprint density at radius 2 is 2.09 bits per heavy atom. The molecule has 11 heavy (non-hydrogen) atoms. The molecule has 0 amide bonds. The predicted octanol–water partition coefficient (Wildman–Crippen LogP) is 0.495. The summed E-state index contributed by atoms with van der Waals surface area (Å²) in [5, 5.41) is 0. The summed E-state index contributed by atoms with van der Waals surface area (Å²) in [7, 11) is -3.14. The van der Waals surface area contributed by atoms with Crippen LogP contribution in [0.2, 0.25) is 0 Å². The molecule has 0 aromatic rings. The van der Waals surface area contributed by atoms with Crippen molar-refractivity contribution in [2.75, 3.05) is 11.6 Å². The van der Waals surface area contributed by atoms with Gasteiger partial charge in [0.2, 0.25) is 6.08 Å². The van der Waals surface area contributed by atoms with Crippen LogP contribution < -0.4 is 0 Å². The Balaban J connectivity index is 3.91. The van der Waals surface area contributed by atoms with E-state index in [0.717, 1.165) is 6.42 Å². The molecule has 0 aliphatic heterocycles. The van der Waals surface area contributed by atoms with E-state index in [9.17, 15) is 13.2 Å². The molecule has 0 N–H and O–H groups in total. The highest BCUT2D eigenvalue weighted by Crippen LogP contribution is 1.96. The van der Waals surface area contributed by atoms with Gasteiger partial charge >= 0.3 is 0 Å². The van der Waals surface area contributed by atoms with Crippen molar-refractivity contribution in [3.63, 3.8) is 0 Å². The Morgan fingerprint density at radius 1 is 1.45 bits per heavy atom. The molecular formula is C6H11NO3S. The van der Waals surface area contributed by atoms with Crippen molar-refractivity contribution in [2.24, 2.45) is 4.99 Å². The molecule has 0 heterocycles. The lowest BCUT2D eigenvalue weighted by Gasteiger charge is -1.96. The molecule has 0 saturated carbocycles. The van der Waals surface area contributed by atoms with Gasteiger partial charge in [-0.3, -0.25) is 0 Å². The number of isocyanates is 1. The molecule has 0 aromatic heterocycles. The molecule has 0 aliphatic carbocycles. The number of aliphatic imine (C=N–C) groups is 1. The third kappa shape index (κ3) is 5.76. The SMILES string of the molecule is CCCCS(=O)(=O)CN=C=O. The summed E-state index contributed by atoms with van der Waals surface area (Å²) >= 11 is 0. The molecule has 64 valence electrons. The fourth-order valence-corrected chi connectivity index (χ4v) is 1.66. The van der Waals surface area contributed by atoms with Crippen LogP contribution in [0.4, 0.5) is 0 Å². The fourth-order valence-electron chi connectivity index (χ4n) is 0.554. The number of sulfone groups is 1. The highest BCUT2D eigenvalue weighted by molar-refractivity contribution is 7.91. The van der Waals surface area contributed by atoms with Crippen molar-refractivity contribution in [1.82, 2.24) is 0 Å². The van der Waals surface area contributed by atoms with Crippen LogP contribution in [-0.2, 0) is 14.6 Å². The Kier molecular flexibility index (Phi) is 4.74. The molecular weight excluding hydrogens is 166 g/mol. The molecule has 0 saturated heterocycles. The third-order valence-electron chi connectivity index (χ3n) is 1.13. The van der Waals surface area contributed by atoms with Gasteiger partial charge in [0.05, 0.1) is 5.75 Å². The summed E-state index contributed by atoms with van der Waals surface area (Å²) in [6.45, 7) is 1.90. The van der Waals surface area contributed by atoms with Gasteiger partial charge in [-0.2, -0.15) is 4.99 Å². The van der Waals surface area contributed by atoms with E-state index in [1.807, 2.05) is 6.92 Å². The quantitative estimate of drug-likeness (QED) is 0.453. The molecule has 0 aliphatic rings. The number of unbranched alkanes of at least 4 members (excludes halogenated alkanes) is 1. The van der Waals surface area contributed by atoms with E-state index in [1.54, 1.807) is 0 Å². The lowest BCUT2D eigenvalue weighted by atomic mass is 10.4. The first-order valence-electron chi connectivity index (χ1n) is 3.36. The van der Waals surface area contributed by atoms with Crippen LogP contribution in [0.3, 0.4) is 0 Å². The topological polar surface area (TPSA) is 63.6 Å². The van der Waals surface area contributed by atoms with Crippen LogP contribution in [0.1, 0.15) is 19.8 Å². The van der Waals surface area contributed by atoms with E-state index in [2.05, 4.69) is 4.99 Å². The first-order chi connectivity index (χ1) is 5.12. The van der Waals surface area contributed by atoms with Crippen molar-refractivity contribution in [2.45, 2.75) is 19.8 Å². The van der Waals surface area contributed by atoms with Crippen LogP contribution in [0.25, 0.3) is 0 Å². The minimum absolute atomic E-state index is 0.106. The molecule has 0 spiro atoms. The standard InChI is InChI=1S/C6H11NO3S/c1-2-3-4-11(9,10)6-7-5-8/h2-4,6H2,1H3. The summed E-state index contributed by atoms with van der Waals surface area (Å²) in [4.78, 5) is 12.6. The highest BCUT2D eigenvalue weighted by Gasteiger charge is 2.07. The molecule has 0 fully saturated rings. The second-order valence-corrected chi connectivity index (χ2v) is 4.33. The lowest BCUT2D eigenvalue weighted by molar-refractivity contribution is 0.562. The minimum atomic E-state index is -3.14. The van der Waals surface area contributed by atoms with Crippen LogP contribution in [-0.4, -0.2) is 26.1 Å². The number of rotatable bonds is 5. The van der Waals surface area contributed by atoms with Gasteiger partial charge < -0.3 is 0 Å². The van der Waals surface area contributed by atoms with Crippen molar-refractivity contribution in [3.8, 4) is 0 Å². The molecule has 0 radical (unpaired) electrons. The second-order valence-electron chi connectivity index (χ2n) is 2.18. The molecule has 4 nitrogen and oxygen atoms in total. The Hall–Kier alpha value is -0.670. The minimum Gasteiger partial charge on any atom is -0.227 e. The van der Waals surface area contributed by atoms with Gasteiger partial charge in [0.1, 0.15) is 0 Å². The van der Waals surface area contributed by atoms with Crippen molar-refractivity contribution in [3.05, 3.63) is 0 Å². The number of nitrogens with zero attached hydrogens (tertiary/aromatic N) is 1. The van der Waals surface area contributed by atoms with Crippen LogP contribution in [0, 0.1) is 0 Å². The lowest BCUT2D eigenvalue weighted by Crippen LogP contribution is -2.08. The van der Waals surface area contributed by atoms with Gasteiger partial charge in [0.15, 0.2) is 15.7 Å². The average molecular weight is 177 g/mol. The maximum atomic E-state index is 10.9. The molecule has 0 bridgehead atoms. The van der Waals surface area contributed by atoms with Crippen LogP contribution in [0.5, 0.6) is 0 Å². The fraction of sp³-hybridized carbons (Fsp3) is 0.833. The zero-order chi connectivity index (χ0) is 8.74. The zero-order valence-electron chi connectivity index (χ0n) is 6.41. The Bertz CT molecular complexity index is 239. The largest absolute Gasteiger partial charge is 0.235 e. The van der Waals surface area contributed by atoms with E-state index in [-0.39, 0.29) is 5.75 Å². The molecule has 0 unspecified atom stereocenters. The van der Waals surface area contributed by atoms with Gasteiger partial charge in [-0.1, -0.05) is 13.3 Å². The average Bonchev–Trinajstić information content (AvgIpc) is 1.97. The molecule has 5 heteroatoms. The number of hydrogen-bond donors (Lipinski definition) is 0. The van der Waals surface area contributed by atoms with E-state index in [4.69, 9.17) is 0 Å². The van der Waals surface area contributed by atoms with E-state index < -0.39 is 15.7 Å². The summed E-state index contributed by atoms with van der Waals surface area (Å²) < 4.78 is 21.8. The van der Waals surface area contributed by atoms with E-state index in [1.165, 1.54) is 6.08 Å². The first-order valence-corrected chi connectivity index (χ1v) is 5.18. The van der Waals surface area contributed by atoms with Gasteiger partial charge in [-0.25, -0.2) is 13.2 Å². The summed E-state index contributed by atoms with van der Waals surface area (Å²) in [6.07, 6.45) is 2.64. The van der Waals surface area contributed by atoms with Crippen molar-refractivity contribution >= 4 is 15.9 Å². The Labute approximate surface area is 66.2 Å². The van der Waals surface area contributed by atoms with Gasteiger partial charge in [-0.15, -0.1) is 0 Å². The van der Waals surface area contributed by atoms with Gasteiger partial charge in [0, 0.05) is 0 Å². The summed E-state index contributed by atoms with van der Waals surface area (Å²) in [5.74, 6) is -0.314. The monoisotopic (exact) mass is 177 g/mol. The smallest absolute Gasteiger partial charge is 0.227 e. The van der Waals surface area contributed by atoms with Crippen molar-refractivity contribution < 1.29 is 13.2 Å². The maximum Gasteiger partial charge on any atom is 0.235 e. The highest BCUT2D eigenvalue weighted by atomic mass is 32.2. The van der Waals surface area contributed by atoms with E-state index >= 15 is 0 Å². The van der Waals surface area contributed by atoms with Gasteiger partial charge in [0.25, 0.3) is 0 Å². The zero-order valence-corrected chi connectivity index (χ0v) is 7.23. The molecule has 0 rings (SSSR count). The summed E-state index contributed by atoms with van der Waals surface area (Å²) in [5.41, 5.74) is 0. The Morgan fingerprint density at radius 3 is 2.55 bits per heavy atom. The maximum absolute atomic E-state index is 10.9.